The number of aromatic nitrogens is 2. The molecule has 1 atom stereocenters. The van der Waals surface area contributed by atoms with Crippen LogP contribution in [0, 0.1) is 27.7 Å². The average molecular weight is 373 g/mol. The van der Waals surface area contributed by atoms with E-state index in [1.165, 1.54) is 11.1 Å². The van der Waals surface area contributed by atoms with Crippen molar-refractivity contribution < 1.29 is 9.84 Å². The zero-order chi connectivity index (χ0) is 19.0. The van der Waals surface area contributed by atoms with E-state index in [1.54, 1.807) is 6.92 Å². The topological polar surface area (TPSA) is 47.3 Å². The molecule has 1 N–H and O–H groups in total. The van der Waals surface area contributed by atoms with Crippen LogP contribution in [-0.2, 0) is 6.54 Å². The summed E-state index contributed by atoms with van der Waals surface area (Å²) in [7, 11) is 0. The van der Waals surface area contributed by atoms with E-state index in [4.69, 9.17) is 16.3 Å². The Hall–Kier alpha value is -2.04. The molecular formula is C21H25ClN2O2. The molecule has 26 heavy (non-hydrogen) atoms. The highest BCUT2D eigenvalue weighted by molar-refractivity contribution is 6.32. The van der Waals surface area contributed by atoms with Gasteiger partial charge in [-0.15, -0.1) is 0 Å². The van der Waals surface area contributed by atoms with Crippen LogP contribution < -0.4 is 4.74 Å². The monoisotopic (exact) mass is 372 g/mol. The van der Waals surface area contributed by atoms with Crippen LogP contribution in [-0.4, -0.2) is 21.3 Å². The highest BCUT2D eigenvalue weighted by Gasteiger charge is 2.16. The van der Waals surface area contributed by atoms with Crippen molar-refractivity contribution in [3.05, 3.63) is 57.4 Å². The van der Waals surface area contributed by atoms with Gasteiger partial charge in [-0.2, -0.15) is 0 Å². The number of fused-ring (bicyclic) bond motifs is 1. The predicted octanol–water partition coefficient (Wildman–Crippen LogP) is 5.06. The molecule has 2 aromatic carbocycles. The van der Waals surface area contributed by atoms with Crippen molar-refractivity contribution in [2.75, 3.05) is 6.61 Å². The van der Waals surface area contributed by atoms with Crippen LogP contribution in [0.4, 0.5) is 0 Å². The summed E-state index contributed by atoms with van der Waals surface area (Å²) in [6.45, 7) is 10.9. The standard InChI is InChI=1S/C21H25ClN2O2/c1-12-10-18-19(11-13(12)2)24(21(23-18)16(5)25)6-7-26-17-8-14(3)20(22)15(4)9-17/h8-11,16,25H,6-7H2,1-5H3. The van der Waals surface area contributed by atoms with Crippen LogP contribution in [0.15, 0.2) is 24.3 Å². The van der Waals surface area contributed by atoms with Gasteiger partial charge in [0.1, 0.15) is 24.3 Å². The van der Waals surface area contributed by atoms with Gasteiger partial charge in [-0.25, -0.2) is 4.98 Å². The van der Waals surface area contributed by atoms with Crippen LogP contribution in [0.5, 0.6) is 5.75 Å². The molecule has 0 saturated heterocycles. The summed E-state index contributed by atoms with van der Waals surface area (Å²) < 4.78 is 7.99. The third kappa shape index (κ3) is 3.57. The quantitative estimate of drug-likeness (QED) is 0.681. The van der Waals surface area contributed by atoms with E-state index in [9.17, 15) is 5.11 Å². The van der Waals surface area contributed by atoms with Crippen LogP contribution >= 0.6 is 11.6 Å². The summed E-state index contributed by atoms with van der Waals surface area (Å²) in [4.78, 5) is 4.62. The number of benzene rings is 2. The Morgan fingerprint density at radius 2 is 1.65 bits per heavy atom. The van der Waals surface area contributed by atoms with Gasteiger partial charge in [-0.3, -0.25) is 0 Å². The molecule has 3 rings (SSSR count). The van der Waals surface area contributed by atoms with Crippen LogP contribution in [0.2, 0.25) is 5.02 Å². The Morgan fingerprint density at radius 1 is 1.04 bits per heavy atom. The molecule has 0 aliphatic rings. The number of rotatable bonds is 5. The fourth-order valence-corrected chi connectivity index (χ4v) is 3.31. The van der Waals surface area contributed by atoms with E-state index < -0.39 is 6.10 Å². The Labute approximate surface area is 159 Å². The van der Waals surface area contributed by atoms with Crippen LogP contribution in [0.25, 0.3) is 11.0 Å². The van der Waals surface area contributed by atoms with Crippen molar-refractivity contribution in [3.63, 3.8) is 0 Å². The summed E-state index contributed by atoms with van der Waals surface area (Å²) in [6, 6.07) is 8.09. The molecule has 1 aromatic heterocycles. The summed E-state index contributed by atoms with van der Waals surface area (Å²) in [6.07, 6.45) is -0.636. The molecule has 0 spiro atoms. The zero-order valence-corrected chi connectivity index (χ0v) is 16.7. The van der Waals surface area contributed by atoms with Gasteiger partial charge in [0.25, 0.3) is 0 Å². The molecule has 138 valence electrons. The number of halogens is 1. The van der Waals surface area contributed by atoms with E-state index in [2.05, 4.69) is 31.0 Å². The lowest BCUT2D eigenvalue weighted by molar-refractivity contribution is 0.181. The highest BCUT2D eigenvalue weighted by atomic mass is 35.5. The third-order valence-electron chi connectivity index (χ3n) is 4.76. The summed E-state index contributed by atoms with van der Waals surface area (Å²) in [5.41, 5.74) is 6.35. The Balaban J connectivity index is 1.86. The Kier molecular flexibility index (Phi) is 5.26. The average Bonchev–Trinajstić information content (AvgIpc) is 2.91. The first-order chi connectivity index (χ1) is 12.3. The van der Waals surface area contributed by atoms with E-state index in [-0.39, 0.29) is 0 Å². The van der Waals surface area contributed by atoms with Gasteiger partial charge in [0.15, 0.2) is 0 Å². The summed E-state index contributed by atoms with van der Waals surface area (Å²) in [5.74, 6) is 1.47. The number of ether oxygens (including phenoxy) is 1. The summed E-state index contributed by atoms with van der Waals surface area (Å²) >= 11 is 6.22. The molecule has 0 aliphatic carbocycles. The second kappa shape index (κ2) is 7.29. The molecule has 0 saturated carbocycles. The maximum atomic E-state index is 10.1. The first-order valence-electron chi connectivity index (χ1n) is 8.83. The number of imidazole rings is 1. The number of aryl methyl sites for hydroxylation is 4. The fraction of sp³-hybridized carbons (Fsp3) is 0.381. The molecule has 0 fully saturated rings. The highest BCUT2D eigenvalue weighted by Crippen LogP contribution is 2.27. The van der Waals surface area contributed by atoms with Gasteiger partial charge in [0.2, 0.25) is 0 Å². The lowest BCUT2D eigenvalue weighted by Crippen LogP contribution is -2.13. The maximum Gasteiger partial charge on any atom is 0.138 e. The molecule has 4 nitrogen and oxygen atoms in total. The number of hydrogen-bond donors (Lipinski definition) is 1. The Morgan fingerprint density at radius 3 is 2.27 bits per heavy atom. The minimum atomic E-state index is -0.636. The minimum absolute atomic E-state index is 0.485. The van der Waals surface area contributed by atoms with Crippen molar-refractivity contribution in [2.24, 2.45) is 0 Å². The van der Waals surface area contributed by atoms with E-state index >= 15 is 0 Å². The molecule has 0 amide bonds. The number of hydrogen-bond acceptors (Lipinski definition) is 3. The molecule has 1 heterocycles. The SMILES string of the molecule is Cc1cc2nc(C(C)O)n(CCOc3cc(C)c(Cl)c(C)c3)c2cc1C. The van der Waals surface area contributed by atoms with E-state index in [1.807, 2.05) is 30.5 Å². The first-order valence-corrected chi connectivity index (χ1v) is 9.20. The largest absolute Gasteiger partial charge is 0.492 e. The first kappa shape index (κ1) is 18.7. The summed E-state index contributed by atoms with van der Waals surface area (Å²) in [5, 5.41) is 10.9. The van der Waals surface area contributed by atoms with Gasteiger partial charge < -0.3 is 14.4 Å². The molecule has 0 bridgehead atoms. The van der Waals surface area contributed by atoms with Gasteiger partial charge >= 0.3 is 0 Å². The molecular weight excluding hydrogens is 348 g/mol. The second-order valence-electron chi connectivity index (χ2n) is 6.94. The van der Waals surface area contributed by atoms with Crippen molar-refractivity contribution >= 4 is 22.6 Å². The zero-order valence-electron chi connectivity index (χ0n) is 15.9. The van der Waals surface area contributed by atoms with Gasteiger partial charge in [0.05, 0.1) is 17.6 Å². The third-order valence-corrected chi connectivity index (χ3v) is 5.36. The van der Waals surface area contributed by atoms with Crippen molar-refractivity contribution in [2.45, 2.75) is 47.3 Å². The second-order valence-corrected chi connectivity index (χ2v) is 7.32. The molecule has 1 unspecified atom stereocenters. The molecule has 0 aliphatic heterocycles. The molecule has 0 radical (unpaired) electrons. The smallest absolute Gasteiger partial charge is 0.138 e. The van der Waals surface area contributed by atoms with Gasteiger partial charge in [-0.05, 0) is 81.1 Å². The number of nitrogens with zero attached hydrogens (tertiary/aromatic N) is 2. The Bertz CT molecular complexity index is 937. The minimum Gasteiger partial charge on any atom is -0.492 e. The molecule has 5 heteroatoms. The maximum absolute atomic E-state index is 10.1. The number of aliphatic hydroxyl groups is 1. The van der Waals surface area contributed by atoms with Crippen molar-refractivity contribution in [1.82, 2.24) is 9.55 Å². The predicted molar refractivity (Wildman–Crippen MR) is 106 cm³/mol. The normalized spacial score (nSPS) is 12.6. The number of aliphatic hydroxyl groups excluding tert-OH is 1. The van der Waals surface area contributed by atoms with Gasteiger partial charge in [-0.1, -0.05) is 11.6 Å². The van der Waals surface area contributed by atoms with Crippen molar-refractivity contribution in [3.8, 4) is 5.75 Å². The molecule has 3 aromatic rings. The van der Waals surface area contributed by atoms with E-state index in [0.717, 1.165) is 32.9 Å². The fourth-order valence-electron chi connectivity index (χ4n) is 3.20. The lowest BCUT2D eigenvalue weighted by Gasteiger charge is -2.14. The van der Waals surface area contributed by atoms with Crippen LogP contribution in [0.1, 0.15) is 41.1 Å². The van der Waals surface area contributed by atoms with Gasteiger partial charge in [0, 0.05) is 5.02 Å². The lowest BCUT2D eigenvalue weighted by atomic mass is 10.1. The van der Waals surface area contributed by atoms with Crippen molar-refractivity contribution in [1.29, 1.82) is 0 Å². The van der Waals surface area contributed by atoms with Crippen LogP contribution in [0.3, 0.4) is 0 Å². The van der Waals surface area contributed by atoms with E-state index in [0.29, 0.717) is 19.0 Å².